The normalized spacial score (nSPS) is 10.1. The molecule has 0 saturated heterocycles. The molecule has 0 bridgehead atoms. The molecule has 2 N–H and O–H groups in total. The van der Waals surface area contributed by atoms with E-state index in [0.29, 0.717) is 17.1 Å². The summed E-state index contributed by atoms with van der Waals surface area (Å²) >= 11 is 0. The number of hydrogen-bond acceptors (Lipinski definition) is 7. The van der Waals surface area contributed by atoms with Crippen LogP contribution in [0.4, 0.5) is 17.1 Å². The molecule has 9 nitrogen and oxygen atoms in total. The van der Waals surface area contributed by atoms with Gasteiger partial charge < -0.3 is 15.4 Å². The van der Waals surface area contributed by atoms with Crippen molar-refractivity contribution >= 4 is 23.0 Å². The van der Waals surface area contributed by atoms with Crippen molar-refractivity contribution in [2.24, 2.45) is 0 Å². The molecule has 0 aliphatic rings. The summed E-state index contributed by atoms with van der Waals surface area (Å²) in [7, 11) is 1.63. The van der Waals surface area contributed by atoms with Crippen molar-refractivity contribution in [2.75, 3.05) is 17.7 Å². The average molecular weight is 365 g/mol. The minimum atomic E-state index is -0.548. The van der Waals surface area contributed by atoms with Crippen molar-refractivity contribution in [2.45, 2.75) is 0 Å². The Kier molecular flexibility index (Phi) is 5.22. The Balaban J connectivity index is 1.74. The van der Waals surface area contributed by atoms with E-state index in [2.05, 4.69) is 20.6 Å². The maximum atomic E-state index is 12.5. The molecule has 0 aliphatic carbocycles. The number of nitrogens with one attached hydrogen (secondary N) is 2. The van der Waals surface area contributed by atoms with Gasteiger partial charge >= 0.3 is 6.01 Å². The third-order valence-electron chi connectivity index (χ3n) is 3.59. The highest BCUT2D eigenvalue weighted by Crippen LogP contribution is 2.24. The number of ether oxygens (including phenoxy) is 1. The molecule has 0 radical (unpaired) electrons. The van der Waals surface area contributed by atoms with Gasteiger partial charge in [-0.15, -0.1) is 0 Å². The molecule has 0 atom stereocenters. The molecule has 1 heterocycles. The van der Waals surface area contributed by atoms with Crippen LogP contribution in [0.2, 0.25) is 0 Å². The van der Waals surface area contributed by atoms with Gasteiger partial charge in [0, 0.05) is 42.9 Å². The second kappa shape index (κ2) is 7.91. The number of anilines is 2. The van der Waals surface area contributed by atoms with Gasteiger partial charge in [0.05, 0.1) is 10.5 Å². The number of non-ortho nitro benzene ring substituents is 1. The lowest BCUT2D eigenvalue weighted by Gasteiger charge is -2.10. The first-order chi connectivity index (χ1) is 13.1. The number of nitrogens with zero attached hydrogens (tertiary/aromatic N) is 3. The Morgan fingerprint density at radius 1 is 1.11 bits per heavy atom. The van der Waals surface area contributed by atoms with E-state index in [-0.39, 0.29) is 17.3 Å². The zero-order valence-electron chi connectivity index (χ0n) is 14.2. The summed E-state index contributed by atoms with van der Waals surface area (Å²) < 4.78 is 5.48. The molecule has 27 heavy (non-hydrogen) atoms. The lowest BCUT2D eigenvalue weighted by molar-refractivity contribution is -0.384. The first-order valence-electron chi connectivity index (χ1n) is 7.89. The minimum absolute atomic E-state index is 0.161. The molecular formula is C18H15N5O4. The van der Waals surface area contributed by atoms with Crippen molar-refractivity contribution in [1.29, 1.82) is 0 Å². The van der Waals surface area contributed by atoms with Crippen LogP contribution in [0.25, 0.3) is 0 Å². The number of rotatable bonds is 6. The van der Waals surface area contributed by atoms with Crippen LogP contribution >= 0.6 is 0 Å². The van der Waals surface area contributed by atoms with Crippen LogP contribution in [0.1, 0.15) is 10.4 Å². The van der Waals surface area contributed by atoms with Gasteiger partial charge in [0.2, 0.25) is 0 Å². The van der Waals surface area contributed by atoms with Gasteiger partial charge in [0.25, 0.3) is 11.6 Å². The summed E-state index contributed by atoms with van der Waals surface area (Å²) in [6.45, 7) is 0. The number of carbonyl (C=O) groups is 1. The molecule has 0 saturated carbocycles. The second-order valence-electron chi connectivity index (χ2n) is 5.35. The van der Waals surface area contributed by atoms with E-state index in [1.54, 1.807) is 49.8 Å². The van der Waals surface area contributed by atoms with Crippen molar-refractivity contribution in [3.63, 3.8) is 0 Å². The van der Waals surface area contributed by atoms with Gasteiger partial charge in [-0.05, 0) is 36.4 Å². The van der Waals surface area contributed by atoms with Crippen LogP contribution in [-0.2, 0) is 0 Å². The van der Waals surface area contributed by atoms with E-state index < -0.39 is 10.8 Å². The van der Waals surface area contributed by atoms with E-state index in [0.717, 1.165) is 0 Å². The highest BCUT2D eigenvalue weighted by molar-refractivity contribution is 6.08. The number of hydrogen-bond donors (Lipinski definition) is 2. The first-order valence-corrected chi connectivity index (χ1v) is 7.89. The molecule has 3 aromatic rings. The van der Waals surface area contributed by atoms with Crippen molar-refractivity contribution in [3.8, 4) is 11.8 Å². The lowest BCUT2D eigenvalue weighted by atomic mass is 10.1. The van der Waals surface area contributed by atoms with Gasteiger partial charge in [0.1, 0.15) is 5.75 Å². The van der Waals surface area contributed by atoms with Crippen molar-refractivity contribution < 1.29 is 14.5 Å². The standard InChI is InChI=1S/C18H15N5O4/c1-19-16-8-5-13(23(25)26)11-15(16)17(24)22-12-3-6-14(7-4-12)27-18-20-9-2-10-21-18/h2-11,19H,1H3,(H,22,24). The Labute approximate surface area is 154 Å². The average Bonchev–Trinajstić information content (AvgIpc) is 2.69. The van der Waals surface area contributed by atoms with Crippen LogP contribution in [-0.4, -0.2) is 27.8 Å². The molecule has 0 fully saturated rings. The molecule has 1 aromatic heterocycles. The van der Waals surface area contributed by atoms with Gasteiger partial charge in [-0.2, -0.15) is 0 Å². The van der Waals surface area contributed by atoms with Gasteiger partial charge in [-0.3, -0.25) is 14.9 Å². The van der Waals surface area contributed by atoms with Crippen molar-refractivity contribution in [3.05, 3.63) is 76.6 Å². The van der Waals surface area contributed by atoms with Gasteiger partial charge in [-0.1, -0.05) is 0 Å². The highest BCUT2D eigenvalue weighted by atomic mass is 16.6. The summed E-state index contributed by atoms with van der Waals surface area (Å²) in [6.07, 6.45) is 3.13. The molecule has 2 aromatic carbocycles. The second-order valence-corrected chi connectivity index (χ2v) is 5.35. The smallest absolute Gasteiger partial charge is 0.321 e. The van der Waals surface area contributed by atoms with Gasteiger partial charge in [0.15, 0.2) is 0 Å². The van der Waals surface area contributed by atoms with E-state index >= 15 is 0 Å². The zero-order valence-corrected chi connectivity index (χ0v) is 14.2. The molecule has 0 aliphatic heterocycles. The number of nitro benzene ring substituents is 1. The van der Waals surface area contributed by atoms with E-state index in [4.69, 9.17) is 4.74 Å². The minimum Gasteiger partial charge on any atom is -0.424 e. The highest BCUT2D eigenvalue weighted by Gasteiger charge is 2.16. The van der Waals surface area contributed by atoms with Crippen LogP contribution in [0.5, 0.6) is 11.8 Å². The number of carbonyl (C=O) groups excluding carboxylic acids is 1. The SMILES string of the molecule is CNc1ccc([N+](=O)[O-])cc1C(=O)Nc1ccc(Oc2ncccn2)cc1. The third-order valence-corrected chi connectivity index (χ3v) is 3.59. The Morgan fingerprint density at radius 3 is 2.44 bits per heavy atom. The lowest BCUT2D eigenvalue weighted by Crippen LogP contribution is -2.14. The van der Waals surface area contributed by atoms with Crippen LogP contribution < -0.4 is 15.4 Å². The number of amides is 1. The molecule has 3 rings (SSSR count). The number of nitro groups is 1. The Morgan fingerprint density at radius 2 is 1.81 bits per heavy atom. The fourth-order valence-corrected chi connectivity index (χ4v) is 2.30. The fraction of sp³-hybridized carbons (Fsp3) is 0.0556. The van der Waals surface area contributed by atoms with Gasteiger partial charge in [-0.25, -0.2) is 9.97 Å². The van der Waals surface area contributed by atoms with E-state index in [1.165, 1.54) is 18.2 Å². The molecule has 136 valence electrons. The van der Waals surface area contributed by atoms with Crippen LogP contribution in [0.15, 0.2) is 60.9 Å². The maximum absolute atomic E-state index is 12.5. The van der Waals surface area contributed by atoms with Crippen LogP contribution in [0, 0.1) is 10.1 Å². The quantitative estimate of drug-likeness (QED) is 0.507. The fourth-order valence-electron chi connectivity index (χ4n) is 2.30. The number of benzene rings is 2. The van der Waals surface area contributed by atoms with Crippen LogP contribution in [0.3, 0.4) is 0 Å². The summed E-state index contributed by atoms with van der Waals surface area (Å²) in [4.78, 5) is 30.8. The largest absolute Gasteiger partial charge is 0.424 e. The number of aromatic nitrogens is 2. The summed E-state index contributed by atoms with van der Waals surface area (Å²) in [5, 5.41) is 16.5. The predicted octanol–water partition coefficient (Wildman–Crippen LogP) is 3.47. The third kappa shape index (κ3) is 4.34. The van der Waals surface area contributed by atoms with E-state index in [1.807, 2.05) is 0 Å². The van der Waals surface area contributed by atoms with Crippen molar-refractivity contribution in [1.82, 2.24) is 9.97 Å². The molecule has 0 spiro atoms. The van der Waals surface area contributed by atoms with E-state index in [9.17, 15) is 14.9 Å². The molecule has 9 heteroatoms. The first kappa shape index (κ1) is 17.8. The maximum Gasteiger partial charge on any atom is 0.321 e. The Hall–Kier alpha value is -4.01. The molecule has 0 unspecified atom stereocenters. The predicted molar refractivity (Wildman–Crippen MR) is 99.1 cm³/mol. The summed E-state index contributed by atoms with van der Waals surface area (Å²) in [6, 6.07) is 12.5. The summed E-state index contributed by atoms with van der Waals surface area (Å²) in [5.74, 6) is 0.0357. The zero-order chi connectivity index (χ0) is 19.2. The molecule has 1 amide bonds. The monoisotopic (exact) mass is 365 g/mol. The Bertz CT molecular complexity index is 961. The molecular weight excluding hydrogens is 350 g/mol. The topological polar surface area (TPSA) is 119 Å². The summed E-state index contributed by atoms with van der Waals surface area (Å²) in [5.41, 5.74) is 1.00.